The van der Waals surface area contributed by atoms with Crippen molar-refractivity contribution in [2.75, 3.05) is 13.7 Å². The first kappa shape index (κ1) is 22.5. The molecule has 0 heterocycles. The summed E-state index contributed by atoms with van der Waals surface area (Å²) in [5.41, 5.74) is 1.43. The van der Waals surface area contributed by atoms with Crippen LogP contribution < -0.4 is 10.6 Å². The fraction of sp³-hybridized carbons (Fsp3) is 0.250. The third-order valence-corrected chi connectivity index (χ3v) is 4.45. The molecule has 0 bridgehead atoms. The Morgan fingerprint density at radius 2 is 1.79 bits per heavy atom. The number of amides is 2. The number of rotatable bonds is 8. The number of halogens is 2. The normalized spacial score (nSPS) is 11.3. The Kier molecular flexibility index (Phi) is 8.76. The number of carbonyl (C=O) groups is 3. The van der Waals surface area contributed by atoms with Crippen LogP contribution in [0, 0.1) is 0 Å². The van der Waals surface area contributed by atoms with E-state index in [2.05, 4.69) is 10.6 Å². The molecule has 0 unspecified atom stereocenters. The van der Waals surface area contributed by atoms with E-state index in [4.69, 9.17) is 32.7 Å². The van der Waals surface area contributed by atoms with Gasteiger partial charge < -0.3 is 20.1 Å². The predicted molar refractivity (Wildman–Crippen MR) is 109 cm³/mol. The molecule has 154 valence electrons. The Morgan fingerprint density at radius 1 is 1.07 bits per heavy atom. The molecule has 1 atom stereocenters. The van der Waals surface area contributed by atoms with Gasteiger partial charge in [-0.1, -0.05) is 59.6 Å². The van der Waals surface area contributed by atoms with Crippen LogP contribution in [0.3, 0.4) is 0 Å². The number of alkyl carbamates (subject to hydrolysis) is 1. The zero-order valence-electron chi connectivity index (χ0n) is 15.6. The summed E-state index contributed by atoms with van der Waals surface area (Å²) >= 11 is 12.0. The third-order valence-electron chi connectivity index (χ3n) is 3.87. The van der Waals surface area contributed by atoms with Gasteiger partial charge >= 0.3 is 12.1 Å². The van der Waals surface area contributed by atoms with Crippen LogP contribution in [-0.2, 0) is 32.1 Å². The van der Waals surface area contributed by atoms with Gasteiger partial charge in [0, 0.05) is 16.5 Å². The van der Waals surface area contributed by atoms with E-state index in [9.17, 15) is 14.4 Å². The van der Waals surface area contributed by atoms with Crippen molar-refractivity contribution in [3.05, 3.63) is 69.7 Å². The van der Waals surface area contributed by atoms with E-state index in [1.54, 1.807) is 18.2 Å². The maximum Gasteiger partial charge on any atom is 0.407 e. The van der Waals surface area contributed by atoms with Gasteiger partial charge in [-0.15, -0.1) is 0 Å². The number of nitrogens with one attached hydrogen (secondary N) is 2. The largest absolute Gasteiger partial charge is 0.467 e. The van der Waals surface area contributed by atoms with Gasteiger partial charge in [-0.2, -0.15) is 0 Å². The van der Waals surface area contributed by atoms with Crippen LogP contribution in [0.4, 0.5) is 4.79 Å². The molecular weight excluding hydrogens is 419 g/mol. The van der Waals surface area contributed by atoms with E-state index in [-0.39, 0.29) is 19.6 Å². The maximum absolute atomic E-state index is 12.1. The van der Waals surface area contributed by atoms with Crippen LogP contribution in [0.15, 0.2) is 48.5 Å². The van der Waals surface area contributed by atoms with Crippen LogP contribution in [0.1, 0.15) is 11.1 Å². The number of ether oxygens (including phenoxy) is 2. The predicted octanol–water partition coefficient (Wildman–Crippen LogP) is 3.12. The van der Waals surface area contributed by atoms with Crippen molar-refractivity contribution in [2.24, 2.45) is 0 Å². The Labute approximate surface area is 178 Å². The lowest BCUT2D eigenvalue weighted by Crippen LogP contribution is -2.47. The average Bonchev–Trinajstić information content (AvgIpc) is 2.72. The summed E-state index contributed by atoms with van der Waals surface area (Å²) < 4.78 is 9.75. The van der Waals surface area contributed by atoms with E-state index in [1.807, 2.05) is 30.3 Å². The highest BCUT2D eigenvalue weighted by atomic mass is 35.5. The molecule has 0 fully saturated rings. The molecule has 0 aliphatic carbocycles. The van der Waals surface area contributed by atoms with Gasteiger partial charge in [-0.05, 0) is 23.3 Å². The lowest BCUT2D eigenvalue weighted by molar-refractivity contribution is -0.144. The fourth-order valence-electron chi connectivity index (χ4n) is 2.41. The standard InChI is InChI=1S/C20H20Cl2N2O5/c1-28-19(26)17(9-14-7-8-15(21)10-16(14)22)24-18(25)11-23-20(27)29-12-13-5-3-2-4-6-13/h2-8,10,17H,9,11-12H2,1H3,(H,23,27)(H,24,25)/t17-/m0/s1. The minimum atomic E-state index is -0.978. The molecule has 2 amide bonds. The van der Waals surface area contributed by atoms with E-state index in [1.165, 1.54) is 7.11 Å². The van der Waals surface area contributed by atoms with Gasteiger partial charge in [0.05, 0.1) is 7.11 Å². The summed E-state index contributed by atoms with van der Waals surface area (Å²) in [5, 5.41) is 5.66. The Balaban J connectivity index is 1.85. The number of benzene rings is 2. The monoisotopic (exact) mass is 438 g/mol. The van der Waals surface area contributed by atoms with Crippen LogP contribution in [0.5, 0.6) is 0 Å². The van der Waals surface area contributed by atoms with Crippen molar-refractivity contribution in [3.8, 4) is 0 Å². The van der Waals surface area contributed by atoms with Crippen molar-refractivity contribution in [3.63, 3.8) is 0 Å². The molecule has 0 aliphatic heterocycles. The van der Waals surface area contributed by atoms with Gasteiger partial charge in [0.25, 0.3) is 0 Å². The molecule has 29 heavy (non-hydrogen) atoms. The first-order valence-electron chi connectivity index (χ1n) is 8.64. The highest BCUT2D eigenvalue weighted by molar-refractivity contribution is 6.35. The first-order chi connectivity index (χ1) is 13.9. The lowest BCUT2D eigenvalue weighted by Gasteiger charge is -2.17. The molecule has 0 aromatic heterocycles. The molecule has 2 rings (SSSR count). The minimum absolute atomic E-state index is 0.0775. The molecule has 0 saturated heterocycles. The SMILES string of the molecule is COC(=O)[C@H](Cc1ccc(Cl)cc1Cl)NC(=O)CNC(=O)OCc1ccccc1. The quantitative estimate of drug-likeness (QED) is 0.617. The van der Waals surface area contributed by atoms with Gasteiger partial charge in [0.1, 0.15) is 19.2 Å². The maximum atomic E-state index is 12.1. The molecule has 0 saturated carbocycles. The van der Waals surface area contributed by atoms with Crippen LogP contribution >= 0.6 is 23.2 Å². The summed E-state index contributed by atoms with van der Waals surface area (Å²) in [6.45, 7) is -0.288. The topological polar surface area (TPSA) is 93.7 Å². The molecule has 2 aromatic carbocycles. The average molecular weight is 439 g/mol. The lowest BCUT2D eigenvalue weighted by atomic mass is 10.1. The summed E-state index contributed by atoms with van der Waals surface area (Å²) in [4.78, 5) is 35.9. The molecule has 2 N–H and O–H groups in total. The van der Waals surface area contributed by atoms with Crippen molar-refractivity contribution in [1.29, 1.82) is 0 Å². The Hall–Kier alpha value is -2.77. The second-order valence-corrected chi connectivity index (χ2v) is 6.84. The summed E-state index contributed by atoms with van der Waals surface area (Å²) in [6.07, 6.45) is -0.647. The number of carbonyl (C=O) groups excluding carboxylic acids is 3. The number of methoxy groups -OCH3 is 1. The zero-order valence-corrected chi connectivity index (χ0v) is 17.1. The van der Waals surface area contributed by atoms with Gasteiger partial charge in [0.15, 0.2) is 0 Å². The number of esters is 1. The zero-order chi connectivity index (χ0) is 21.2. The van der Waals surface area contributed by atoms with E-state index in [0.717, 1.165) is 5.56 Å². The second-order valence-electron chi connectivity index (χ2n) is 6.00. The van der Waals surface area contributed by atoms with Gasteiger partial charge in [0.2, 0.25) is 5.91 Å². The molecule has 2 aromatic rings. The van der Waals surface area contributed by atoms with E-state index >= 15 is 0 Å². The van der Waals surface area contributed by atoms with Crippen molar-refractivity contribution in [1.82, 2.24) is 10.6 Å². The van der Waals surface area contributed by atoms with Gasteiger partial charge in [-0.3, -0.25) is 4.79 Å². The van der Waals surface area contributed by atoms with Crippen molar-refractivity contribution < 1.29 is 23.9 Å². The molecule has 0 aliphatic rings. The highest BCUT2D eigenvalue weighted by Gasteiger charge is 2.23. The van der Waals surface area contributed by atoms with Gasteiger partial charge in [-0.25, -0.2) is 9.59 Å². The van der Waals surface area contributed by atoms with Crippen molar-refractivity contribution >= 4 is 41.2 Å². The van der Waals surface area contributed by atoms with Crippen molar-refractivity contribution in [2.45, 2.75) is 19.1 Å². The molecule has 0 radical (unpaired) electrons. The minimum Gasteiger partial charge on any atom is -0.467 e. The van der Waals surface area contributed by atoms with Crippen LogP contribution in [-0.4, -0.2) is 37.7 Å². The third kappa shape index (κ3) is 7.63. The van der Waals surface area contributed by atoms with E-state index in [0.29, 0.717) is 15.6 Å². The Morgan fingerprint density at radius 3 is 2.45 bits per heavy atom. The highest BCUT2D eigenvalue weighted by Crippen LogP contribution is 2.22. The summed E-state index contributed by atoms with van der Waals surface area (Å²) in [5.74, 6) is -1.22. The smallest absolute Gasteiger partial charge is 0.407 e. The van der Waals surface area contributed by atoms with E-state index < -0.39 is 24.0 Å². The summed E-state index contributed by atoms with van der Waals surface area (Å²) in [7, 11) is 1.21. The number of hydrogen-bond acceptors (Lipinski definition) is 5. The molecular formula is C20H20Cl2N2O5. The van der Waals surface area contributed by atoms with Crippen LogP contribution in [0.2, 0.25) is 10.0 Å². The Bertz CT molecular complexity index is 861. The summed E-state index contributed by atoms with van der Waals surface area (Å²) in [6, 6.07) is 13.0. The molecule has 9 heteroatoms. The first-order valence-corrected chi connectivity index (χ1v) is 9.40. The second kappa shape index (κ2) is 11.3. The molecule has 7 nitrogen and oxygen atoms in total. The molecule has 0 spiro atoms. The van der Waals surface area contributed by atoms with Crippen LogP contribution in [0.25, 0.3) is 0 Å². The number of hydrogen-bond donors (Lipinski definition) is 2. The fourth-order valence-corrected chi connectivity index (χ4v) is 2.90.